The first-order chi connectivity index (χ1) is 20.6. The summed E-state index contributed by atoms with van der Waals surface area (Å²) >= 11 is 1.29. The number of aromatic nitrogens is 3. The second kappa shape index (κ2) is 15.1. The van der Waals surface area contributed by atoms with Crippen LogP contribution in [-0.4, -0.2) is 63.6 Å². The second-order valence-electron chi connectivity index (χ2n) is 9.25. The van der Waals surface area contributed by atoms with E-state index in [1.807, 2.05) is 6.92 Å². The quantitative estimate of drug-likeness (QED) is 0.0868. The molecule has 0 bridgehead atoms. The third-order valence-electron chi connectivity index (χ3n) is 6.15. The van der Waals surface area contributed by atoms with Crippen molar-refractivity contribution in [2.24, 2.45) is 0 Å². The van der Waals surface area contributed by atoms with E-state index in [2.05, 4.69) is 35.4 Å². The minimum Gasteiger partial charge on any atom is -0.493 e. The molecule has 0 fully saturated rings. The molecule has 2 aromatic carbocycles. The van der Waals surface area contributed by atoms with Gasteiger partial charge in [-0.25, -0.2) is 23.9 Å². The Morgan fingerprint density at radius 3 is 2.72 bits per heavy atom. The van der Waals surface area contributed by atoms with Crippen molar-refractivity contribution in [2.45, 2.75) is 32.2 Å². The Hall–Kier alpha value is -3.72. The zero-order valence-corrected chi connectivity index (χ0v) is 25.2. The first-order valence-electron chi connectivity index (χ1n) is 13.3. The number of methoxy groups -OCH3 is 1. The van der Waals surface area contributed by atoms with Crippen LogP contribution in [0.25, 0.3) is 10.9 Å². The number of nitrogens with zero attached hydrogens (tertiary/aromatic N) is 3. The van der Waals surface area contributed by atoms with E-state index in [0.29, 0.717) is 56.9 Å². The number of amides is 1. The molecule has 2 heterocycles. The highest BCUT2D eigenvalue weighted by molar-refractivity contribution is 7.46. The predicted octanol–water partition coefficient (Wildman–Crippen LogP) is 4.41. The van der Waals surface area contributed by atoms with Gasteiger partial charge in [-0.1, -0.05) is 13.0 Å². The van der Waals surface area contributed by atoms with Crippen LogP contribution in [0.5, 0.6) is 11.5 Å². The molecule has 0 aliphatic heterocycles. The molecule has 0 saturated heterocycles. The Morgan fingerprint density at radius 1 is 1.14 bits per heavy atom. The lowest BCUT2D eigenvalue weighted by atomic mass is 10.1. The van der Waals surface area contributed by atoms with E-state index in [1.165, 1.54) is 43.0 Å². The van der Waals surface area contributed by atoms with Gasteiger partial charge in [0.2, 0.25) is 5.91 Å². The Bertz CT molecular complexity index is 1590. The molecule has 0 spiro atoms. The second-order valence-corrected chi connectivity index (χ2v) is 11.6. The number of hydrogen-bond acceptors (Lipinski definition) is 11. The highest BCUT2D eigenvalue weighted by atomic mass is 32.1. The van der Waals surface area contributed by atoms with Gasteiger partial charge in [0.05, 0.1) is 32.3 Å². The van der Waals surface area contributed by atoms with Crippen molar-refractivity contribution in [1.82, 2.24) is 20.3 Å². The number of rotatable bonds is 16. The summed E-state index contributed by atoms with van der Waals surface area (Å²) in [6.07, 6.45) is 4.50. The number of anilines is 3. The van der Waals surface area contributed by atoms with Gasteiger partial charge in [0.25, 0.3) is 0 Å². The SMILES string of the molecule is CCC(CCOc1cc2ncnc(Nc3ncc(CC(=O)Nc4cccc(F)c4)s3)c2cc1OC)NCCOP(=O)(O)O. The van der Waals surface area contributed by atoms with Gasteiger partial charge in [0.1, 0.15) is 18.0 Å². The average molecular weight is 635 g/mol. The topological polar surface area (TPSA) is 177 Å². The zero-order chi connectivity index (χ0) is 30.8. The van der Waals surface area contributed by atoms with Crippen LogP contribution in [0, 0.1) is 5.82 Å². The lowest BCUT2D eigenvalue weighted by Gasteiger charge is -2.18. The Labute approximate surface area is 251 Å². The van der Waals surface area contributed by atoms with Gasteiger partial charge in [-0.05, 0) is 37.1 Å². The Kier molecular flexibility index (Phi) is 11.3. The minimum absolute atomic E-state index is 0.0561. The molecule has 16 heteroatoms. The van der Waals surface area contributed by atoms with Crippen molar-refractivity contribution < 1.29 is 37.5 Å². The number of halogens is 1. The molecule has 2 aromatic heterocycles. The van der Waals surface area contributed by atoms with Gasteiger partial charge in [-0.15, -0.1) is 11.3 Å². The number of ether oxygens (including phenoxy) is 2. The largest absolute Gasteiger partial charge is 0.493 e. The van der Waals surface area contributed by atoms with Crippen molar-refractivity contribution in [1.29, 1.82) is 0 Å². The highest BCUT2D eigenvalue weighted by Gasteiger charge is 2.16. The molecule has 0 aliphatic rings. The van der Waals surface area contributed by atoms with E-state index in [0.717, 1.165) is 6.42 Å². The Balaban J connectivity index is 1.36. The summed E-state index contributed by atoms with van der Waals surface area (Å²) in [4.78, 5) is 43.8. The number of benzene rings is 2. The van der Waals surface area contributed by atoms with Crippen molar-refractivity contribution in [3.63, 3.8) is 0 Å². The summed E-state index contributed by atoms with van der Waals surface area (Å²) in [5.41, 5.74) is 0.991. The predicted molar refractivity (Wildman–Crippen MR) is 160 cm³/mol. The van der Waals surface area contributed by atoms with Crippen LogP contribution < -0.4 is 25.4 Å². The molecule has 0 saturated carbocycles. The molecular weight excluding hydrogens is 602 g/mol. The molecule has 0 radical (unpaired) electrons. The van der Waals surface area contributed by atoms with Crippen LogP contribution in [0.2, 0.25) is 0 Å². The number of fused-ring (bicyclic) bond motifs is 1. The first-order valence-corrected chi connectivity index (χ1v) is 15.6. The summed E-state index contributed by atoms with van der Waals surface area (Å²) < 4.78 is 40.2. The van der Waals surface area contributed by atoms with E-state index < -0.39 is 13.6 Å². The van der Waals surface area contributed by atoms with Gasteiger partial charge < -0.3 is 35.2 Å². The maximum atomic E-state index is 13.4. The van der Waals surface area contributed by atoms with Crippen molar-refractivity contribution in [2.75, 3.05) is 37.5 Å². The third kappa shape index (κ3) is 9.92. The van der Waals surface area contributed by atoms with Gasteiger partial charge in [0.15, 0.2) is 16.6 Å². The van der Waals surface area contributed by atoms with Crippen LogP contribution in [0.1, 0.15) is 24.6 Å². The van der Waals surface area contributed by atoms with Gasteiger partial charge in [-0.2, -0.15) is 0 Å². The standard InChI is InChI=1S/C27H32FN6O7PS/c1-3-18(29-8-10-41-42(36,37)38)7-9-40-24-14-22-21(13-23(24)39-2)26(32-16-31-22)34-27-30-15-20(43-27)12-25(35)33-19-6-4-5-17(28)11-19/h4-6,11,13-16,18,29H,3,7-10,12H2,1-2H3,(H,33,35)(H2,36,37,38)(H,30,31,32,34). The number of phosphoric acid groups is 1. The number of carbonyl (C=O) groups is 1. The average Bonchev–Trinajstić information content (AvgIpc) is 3.39. The van der Waals surface area contributed by atoms with E-state index in [4.69, 9.17) is 19.3 Å². The molecule has 0 aliphatic carbocycles. The van der Waals surface area contributed by atoms with Crippen LogP contribution >= 0.6 is 19.2 Å². The number of phosphoric ester groups is 1. The van der Waals surface area contributed by atoms with E-state index in [9.17, 15) is 13.8 Å². The van der Waals surface area contributed by atoms with Crippen LogP contribution in [0.15, 0.2) is 48.9 Å². The van der Waals surface area contributed by atoms with Crippen LogP contribution in [0.3, 0.4) is 0 Å². The first kappa shape index (κ1) is 32.2. The van der Waals surface area contributed by atoms with Crippen molar-refractivity contribution in [3.05, 3.63) is 59.6 Å². The molecule has 4 aromatic rings. The smallest absolute Gasteiger partial charge is 0.469 e. The van der Waals surface area contributed by atoms with Gasteiger partial charge >= 0.3 is 7.82 Å². The molecule has 1 atom stereocenters. The lowest BCUT2D eigenvalue weighted by molar-refractivity contribution is -0.115. The normalized spacial score (nSPS) is 12.2. The highest BCUT2D eigenvalue weighted by Crippen LogP contribution is 2.36. The molecule has 4 rings (SSSR count). The number of hydrogen-bond donors (Lipinski definition) is 5. The molecule has 1 unspecified atom stereocenters. The van der Waals surface area contributed by atoms with Crippen LogP contribution in [-0.2, 0) is 20.3 Å². The summed E-state index contributed by atoms with van der Waals surface area (Å²) in [5, 5.41) is 10.2. The number of thiazole rings is 1. The maximum absolute atomic E-state index is 13.4. The monoisotopic (exact) mass is 634 g/mol. The minimum atomic E-state index is -4.49. The summed E-state index contributed by atoms with van der Waals surface area (Å²) in [5.74, 6) is 0.752. The molecule has 43 heavy (non-hydrogen) atoms. The van der Waals surface area contributed by atoms with Crippen molar-refractivity contribution in [3.8, 4) is 11.5 Å². The van der Waals surface area contributed by atoms with E-state index in [-0.39, 0.29) is 31.5 Å². The van der Waals surface area contributed by atoms with E-state index in [1.54, 1.807) is 24.4 Å². The zero-order valence-electron chi connectivity index (χ0n) is 23.4. The number of nitrogens with one attached hydrogen (secondary N) is 3. The fourth-order valence-corrected chi connectivity index (χ4v) is 5.24. The van der Waals surface area contributed by atoms with Crippen molar-refractivity contribution >= 4 is 52.6 Å². The summed E-state index contributed by atoms with van der Waals surface area (Å²) in [7, 11) is -2.95. The fraction of sp³-hybridized carbons (Fsp3) is 0.333. The van der Waals surface area contributed by atoms with Gasteiger partial charge in [0, 0.05) is 40.8 Å². The molecule has 13 nitrogen and oxygen atoms in total. The lowest BCUT2D eigenvalue weighted by Crippen LogP contribution is -2.32. The summed E-state index contributed by atoms with van der Waals surface area (Å²) in [6.45, 7) is 2.54. The number of carbonyl (C=O) groups excluding carboxylic acids is 1. The van der Waals surface area contributed by atoms with Gasteiger partial charge in [-0.3, -0.25) is 9.32 Å². The maximum Gasteiger partial charge on any atom is 0.469 e. The fourth-order valence-electron chi connectivity index (χ4n) is 4.10. The summed E-state index contributed by atoms with van der Waals surface area (Å²) in [6, 6.07) is 9.27. The Morgan fingerprint density at radius 2 is 1.98 bits per heavy atom. The van der Waals surface area contributed by atoms with Crippen LogP contribution in [0.4, 0.5) is 21.0 Å². The third-order valence-corrected chi connectivity index (χ3v) is 7.59. The molecule has 5 N–H and O–H groups in total. The van der Waals surface area contributed by atoms with E-state index >= 15 is 0 Å². The molecule has 230 valence electrons. The molecular formula is C27H32FN6O7PS. The molecule has 1 amide bonds.